The molecule has 23 heavy (non-hydrogen) atoms. The van der Waals surface area contributed by atoms with Crippen LogP contribution in [0.5, 0.6) is 0 Å². The zero-order valence-electron chi connectivity index (χ0n) is 14.2. The molecule has 0 aromatic carbocycles. The van der Waals surface area contributed by atoms with E-state index in [-0.39, 0.29) is 24.0 Å². The highest BCUT2D eigenvalue weighted by atomic mass is 127. The van der Waals surface area contributed by atoms with Gasteiger partial charge in [-0.3, -0.25) is 4.99 Å². The van der Waals surface area contributed by atoms with E-state index in [0.717, 1.165) is 31.2 Å². The standard InChI is InChI=1S/C17H30N4O.HI/c1-18-17(20-11-9-16-8-6-15-22-16)19-10-7-14-21-12-4-2-3-5-13-21;/h6,8,15H,2-5,7,9-14H2,1H3,(H2,18,19,20);1H. The topological polar surface area (TPSA) is 52.8 Å². The molecule has 1 aliphatic heterocycles. The Morgan fingerprint density at radius 1 is 1.17 bits per heavy atom. The highest BCUT2D eigenvalue weighted by Crippen LogP contribution is 2.09. The first-order valence-corrected chi connectivity index (χ1v) is 8.58. The fourth-order valence-corrected chi connectivity index (χ4v) is 2.85. The fraction of sp³-hybridized carbons (Fsp3) is 0.706. The molecular formula is C17H31IN4O. The van der Waals surface area contributed by atoms with E-state index in [9.17, 15) is 0 Å². The van der Waals surface area contributed by atoms with E-state index in [0.29, 0.717) is 0 Å². The van der Waals surface area contributed by atoms with Gasteiger partial charge in [0, 0.05) is 26.6 Å². The molecule has 0 bridgehead atoms. The van der Waals surface area contributed by atoms with Gasteiger partial charge in [-0.2, -0.15) is 0 Å². The fourth-order valence-electron chi connectivity index (χ4n) is 2.85. The smallest absolute Gasteiger partial charge is 0.190 e. The van der Waals surface area contributed by atoms with Crippen LogP contribution in [0.15, 0.2) is 27.8 Å². The number of hydrogen-bond acceptors (Lipinski definition) is 3. The average molecular weight is 434 g/mol. The molecule has 1 fully saturated rings. The van der Waals surface area contributed by atoms with Crippen molar-refractivity contribution in [3.63, 3.8) is 0 Å². The Morgan fingerprint density at radius 2 is 1.91 bits per heavy atom. The van der Waals surface area contributed by atoms with Crippen molar-refractivity contribution in [1.82, 2.24) is 15.5 Å². The van der Waals surface area contributed by atoms with Gasteiger partial charge < -0.3 is 20.0 Å². The van der Waals surface area contributed by atoms with Crippen LogP contribution in [0.25, 0.3) is 0 Å². The summed E-state index contributed by atoms with van der Waals surface area (Å²) in [5.74, 6) is 1.88. The summed E-state index contributed by atoms with van der Waals surface area (Å²) >= 11 is 0. The summed E-state index contributed by atoms with van der Waals surface area (Å²) in [5, 5.41) is 6.71. The number of rotatable bonds is 7. The molecule has 1 aliphatic rings. The molecule has 0 amide bonds. The first-order valence-electron chi connectivity index (χ1n) is 8.58. The number of nitrogens with zero attached hydrogens (tertiary/aromatic N) is 2. The lowest BCUT2D eigenvalue weighted by Gasteiger charge is -2.20. The summed E-state index contributed by atoms with van der Waals surface area (Å²) in [5.41, 5.74) is 0. The predicted octanol–water partition coefficient (Wildman–Crippen LogP) is 2.87. The lowest BCUT2D eigenvalue weighted by Crippen LogP contribution is -2.39. The number of halogens is 1. The summed E-state index contributed by atoms with van der Waals surface area (Å²) in [6, 6.07) is 3.92. The van der Waals surface area contributed by atoms with Crippen LogP contribution in [-0.2, 0) is 6.42 Å². The van der Waals surface area contributed by atoms with Gasteiger partial charge >= 0.3 is 0 Å². The summed E-state index contributed by atoms with van der Waals surface area (Å²) < 4.78 is 5.32. The summed E-state index contributed by atoms with van der Waals surface area (Å²) in [7, 11) is 1.82. The molecule has 0 unspecified atom stereocenters. The van der Waals surface area contributed by atoms with E-state index < -0.39 is 0 Å². The van der Waals surface area contributed by atoms with Crippen LogP contribution >= 0.6 is 24.0 Å². The molecule has 5 nitrogen and oxygen atoms in total. The Hall–Kier alpha value is -0.760. The Kier molecular flexibility index (Phi) is 11.1. The highest BCUT2D eigenvalue weighted by Gasteiger charge is 2.08. The van der Waals surface area contributed by atoms with E-state index in [1.165, 1.54) is 51.7 Å². The second-order valence-corrected chi connectivity index (χ2v) is 5.86. The number of hydrogen-bond donors (Lipinski definition) is 2. The molecule has 2 rings (SSSR count). The molecule has 0 spiro atoms. The van der Waals surface area contributed by atoms with Crippen molar-refractivity contribution < 1.29 is 4.42 Å². The van der Waals surface area contributed by atoms with Crippen LogP contribution in [0.2, 0.25) is 0 Å². The van der Waals surface area contributed by atoms with E-state index in [1.54, 1.807) is 6.26 Å². The van der Waals surface area contributed by atoms with Crippen molar-refractivity contribution in [1.29, 1.82) is 0 Å². The molecule has 2 heterocycles. The molecular weight excluding hydrogens is 403 g/mol. The van der Waals surface area contributed by atoms with E-state index in [4.69, 9.17) is 4.42 Å². The number of guanidine groups is 1. The van der Waals surface area contributed by atoms with Crippen LogP contribution in [0.1, 0.15) is 37.9 Å². The molecule has 1 saturated heterocycles. The summed E-state index contributed by atoms with van der Waals surface area (Å²) in [6.07, 6.45) is 9.29. The molecule has 0 atom stereocenters. The minimum absolute atomic E-state index is 0. The van der Waals surface area contributed by atoms with Gasteiger partial charge in [-0.05, 0) is 51.0 Å². The van der Waals surface area contributed by atoms with Gasteiger partial charge in [0.25, 0.3) is 0 Å². The maximum atomic E-state index is 5.32. The normalized spacial score (nSPS) is 16.5. The van der Waals surface area contributed by atoms with Crippen LogP contribution in [-0.4, -0.2) is 50.6 Å². The predicted molar refractivity (Wildman–Crippen MR) is 107 cm³/mol. The van der Waals surface area contributed by atoms with Gasteiger partial charge in [0.05, 0.1) is 6.26 Å². The summed E-state index contributed by atoms with van der Waals surface area (Å²) in [6.45, 7) is 5.54. The molecule has 1 aromatic rings. The second-order valence-electron chi connectivity index (χ2n) is 5.86. The minimum Gasteiger partial charge on any atom is -0.469 e. The van der Waals surface area contributed by atoms with Gasteiger partial charge in [-0.1, -0.05) is 12.8 Å². The lowest BCUT2D eigenvalue weighted by molar-refractivity contribution is 0.282. The van der Waals surface area contributed by atoms with Crippen molar-refractivity contribution in [2.75, 3.05) is 39.8 Å². The Bertz CT molecular complexity index is 414. The first kappa shape index (κ1) is 20.3. The van der Waals surface area contributed by atoms with Crippen LogP contribution in [0.3, 0.4) is 0 Å². The largest absolute Gasteiger partial charge is 0.469 e. The van der Waals surface area contributed by atoms with Gasteiger partial charge in [-0.25, -0.2) is 0 Å². The minimum atomic E-state index is 0. The molecule has 0 radical (unpaired) electrons. The van der Waals surface area contributed by atoms with Gasteiger partial charge in [0.2, 0.25) is 0 Å². The van der Waals surface area contributed by atoms with Crippen molar-refractivity contribution in [3.8, 4) is 0 Å². The number of aliphatic imine (C=N–C) groups is 1. The van der Waals surface area contributed by atoms with Gasteiger partial charge in [0.1, 0.15) is 5.76 Å². The number of likely N-dealkylation sites (tertiary alicyclic amines) is 1. The Balaban J connectivity index is 0.00000264. The first-order chi connectivity index (χ1) is 10.9. The van der Waals surface area contributed by atoms with Crippen molar-refractivity contribution in [3.05, 3.63) is 24.2 Å². The molecule has 2 N–H and O–H groups in total. The zero-order chi connectivity index (χ0) is 15.5. The van der Waals surface area contributed by atoms with Crippen molar-refractivity contribution in [2.45, 2.75) is 38.5 Å². The molecule has 132 valence electrons. The monoisotopic (exact) mass is 434 g/mol. The van der Waals surface area contributed by atoms with Gasteiger partial charge in [-0.15, -0.1) is 24.0 Å². The van der Waals surface area contributed by atoms with Crippen LogP contribution in [0.4, 0.5) is 0 Å². The zero-order valence-corrected chi connectivity index (χ0v) is 16.6. The molecule has 0 saturated carbocycles. The summed E-state index contributed by atoms with van der Waals surface area (Å²) in [4.78, 5) is 6.86. The van der Waals surface area contributed by atoms with E-state index in [2.05, 4.69) is 20.5 Å². The maximum absolute atomic E-state index is 5.32. The number of furan rings is 1. The molecule has 1 aromatic heterocycles. The Labute approximate surface area is 157 Å². The highest BCUT2D eigenvalue weighted by molar-refractivity contribution is 14.0. The third-order valence-electron chi connectivity index (χ3n) is 4.11. The maximum Gasteiger partial charge on any atom is 0.190 e. The van der Waals surface area contributed by atoms with Gasteiger partial charge in [0.15, 0.2) is 5.96 Å². The SMILES string of the molecule is CN=C(NCCCN1CCCCCC1)NCCc1ccco1.I. The quantitative estimate of drug-likeness (QED) is 0.300. The van der Waals surface area contributed by atoms with Crippen molar-refractivity contribution >= 4 is 29.9 Å². The average Bonchev–Trinajstić information content (AvgIpc) is 2.92. The third kappa shape index (κ3) is 8.60. The molecule has 6 heteroatoms. The van der Waals surface area contributed by atoms with E-state index >= 15 is 0 Å². The lowest BCUT2D eigenvalue weighted by atomic mass is 10.2. The van der Waals surface area contributed by atoms with Crippen LogP contribution in [0, 0.1) is 0 Å². The van der Waals surface area contributed by atoms with Crippen molar-refractivity contribution in [2.24, 2.45) is 4.99 Å². The van der Waals surface area contributed by atoms with Crippen LogP contribution < -0.4 is 10.6 Å². The molecule has 0 aliphatic carbocycles. The Morgan fingerprint density at radius 3 is 2.57 bits per heavy atom. The third-order valence-corrected chi connectivity index (χ3v) is 4.11. The second kappa shape index (κ2) is 12.6. The van der Waals surface area contributed by atoms with E-state index in [1.807, 2.05) is 19.2 Å². The number of nitrogens with one attached hydrogen (secondary N) is 2.